The number of hydrogen-bond acceptors (Lipinski definition) is 4. The van der Waals surface area contributed by atoms with Crippen molar-refractivity contribution in [2.24, 2.45) is 5.73 Å². The summed E-state index contributed by atoms with van der Waals surface area (Å²) >= 11 is 4.75. The van der Waals surface area contributed by atoms with Crippen LogP contribution in [0.4, 0.5) is 0 Å². The summed E-state index contributed by atoms with van der Waals surface area (Å²) in [5.74, 6) is 0. The van der Waals surface area contributed by atoms with Gasteiger partial charge in [0.2, 0.25) is 10.0 Å². The minimum atomic E-state index is -3.49. The summed E-state index contributed by atoms with van der Waals surface area (Å²) in [5, 5.41) is 0. The number of sulfonamides is 1. The first-order valence-corrected chi connectivity index (χ1v) is 7.01. The van der Waals surface area contributed by atoms with Gasteiger partial charge in [0.25, 0.3) is 0 Å². The monoisotopic (exact) mass is 271 g/mol. The largest absolute Gasteiger partial charge is 0.388 e. The molecule has 0 aliphatic heterocycles. The highest BCUT2D eigenvalue weighted by Crippen LogP contribution is 2.35. The molecular weight excluding hydrogens is 258 g/mol. The maximum Gasteiger partial charge on any atom is 0.242 e. The summed E-state index contributed by atoms with van der Waals surface area (Å²) < 4.78 is 26.5. The molecule has 3 N–H and O–H groups in total. The Labute approximate surface area is 105 Å². The van der Waals surface area contributed by atoms with E-state index in [1.165, 1.54) is 18.3 Å². The van der Waals surface area contributed by atoms with E-state index in [2.05, 4.69) is 9.71 Å². The molecule has 1 aliphatic carbocycles. The molecule has 1 aromatic heterocycles. The molecule has 7 heteroatoms. The Kier molecular flexibility index (Phi) is 2.92. The number of pyridine rings is 1. The van der Waals surface area contributed by atoms with Crippen molar-refractivity contribution in [1.29, 1.82) is 0 Å². The van der Waals surface area contributed by atoms with Crippen molar-refractivity contribution >= 4 is 27.2 Å². The summed E-state index contributed by atoms with van der Waals surface area (Å²) in [7, 11) is -3.49. The van der Waals surface area contributed by atoms with E-state index in [0.717, 1.165) is 12.8 Å². The minimum Gasteiger partial charge on any atom is -0.388 e. The van der Waals surface area contributed by atoms with Gasteiger partial charge in [-0.15, -0.1) is 0 Å². The van der Waals surface area contributed by atoms with Crippen molar-refractivity contribution < 1.29 is 8.42 Å². The summed E-state index contributed by atoms with van der Waals surface area (Å²) in [6.45, 7) is 1.88. The molecule has 17 heavy (non-hydrogen) atoms. The number of aromatic nitrogens is 1. The van der Waals surface area contributed by atoms with Crippen LogP contribution in [0.2, 0.25) is 0 Å². The fourth-order valence-electron chi connectivity index (χ4n) is 1.36. The SMILES string of the molecule is CC1(NS(=O)(=O)c2ccc(C(N)=S)nc2)CC1. The number of nitrogens with zero attached hydrogens (tertiary/aromatic N) is 1. The molecule has 0 aromatic carbocycles. The molecule has 0 unspecified atom stereocenters. The fraction of sp³-hybridized carbons (Fsp3) is 0.400. The average molecular weight is 271 g/mol. The van der Waals surface area contributed by atoms with E-state index in [4.69, 9.17) is 18.0 Å². The Hall–Kier alpha value is -1.05. The standard InChI is InChI=1S/C10H13N3O2S2/c1-10(4-5-10)13-17(14,15)7-2-3-8(9(11)16)12-6-7/h2-3,6,13H,4-5H2,1H3,(H2,11,16). The van der Waals surface area contributed by atoms with E-state index in [1.807, 2.05) is 6.92 Å². The zero-order valence-electron chi connectivity index (χ0n) is 9.30. The van der Waals surface area contributed by atoms with Crippen LogP contribution < -0.4 is 10.5 Å². The van der Waals surface area contributed by atoms with Crippen molar-refractivity contribution in [2.45, 2.75) is 30.2 Å². The number of hydrogen-bond donors (Lipinski definition) is 2. The molecule has 0 radical (unpaired) electrons. The van der Waals surface area contributed by atoms with Gasteiger partial charge in [0.1, 0.15) is 9.88 Å². The van der Waals surface area contributed by atoms with Gasteiger partial charge in [0.15, 0.2) is 0 Å². The van der Waals surface area contributed by atoms with E-state index in [9.17, 15) is 8.42 Å². The molecule has 0 spiro atoms. The fourth-order valence-corrected chi connectivity index (χ4v) is 2.89. The molecule has 1 aromatic rings. The van der Waals surface area contributed by atoms with Gasteiger partial charge in [0, 0.05) is 11.7 Å². The van der Waals surface area contributed by atoms with Crippen LogP contribution in [0.1, 0.15) is 25.5 Å². The van der Waals surface area contributed by atoms with Crippen LogP contribution in [0.15, 0.2) is 23.2 Å². The predicted molar refractivity (Wildman–Crippen MR) is 68.1 cm³/mol. The lowest BCUT2D eigenvalue weighted by Crippen LogP contribution is -2.34. The summed E-state index contributed by atoms with van der Waals surface area (Å²) in [6.07, 6.45) is 3.00. The van der Waals surface area contributed by atoms with Gasteiger partial charge in [-0.2, -0.15) is 0 Å². The van der Waals surface area contributed by atoms with Gasteiger partial charge in [0.05, 0.1) is 5.69 Å². The second-order valence-electron chi connectivity index (χ2n) is 4.41. The Morgan fingerprint density at radius 2 is 2.18 bits per heavy atom. The molecule has 0 atom stereocenters. The van der Waals surface area contributed by atoms with Crippen molar-refractivity contribution in [3.8, 4) is 0 Å². The van der Waals surface area contributed by atoms with E-state index >= 15 is 0 Å². The first-order valence-electron chi connectivity index (χ1n) is 5.12. The van der Waals surface area contributed by atoms with Crippen LogP contribution >= 0.6 is 12.2 Å². The highest BCUT2D eigenvalue weighted by atomic mass is 32.2. The van der Waals surface area contributed by atoms with Crippen molar-refractivity contribution in [3.63, 3.8) is 0 Å². The number of thiocarbonyl (C=S) groups is 1. The van der Waals surface area contributed by atoms with Gasteiger partial charge in [-0.25, -0.2) is 13.1 Å². The van der Waals surface area contributed by atoms with Gasteiger partial charge >= 0.3 is 0 Å². The molecule has 1 fully saturated rings. The quantitative estimate of drug-likeness (QED) is 0.781. The maximum atomic E-state index is 12.0. The topological polar surface area (TPSA) is 85.1 Å². The molecule has 2 rings (SSSR count). The van der Waals surface area contributed by atoms with E-state index in [1.54, 1.807) is 0 Å². The van der Waals surface area contributed by atoms with Crippen molar-refractivity contribution in [3.05, 3.63) is 24.0 Å². The number of nitrogens with one attached hydrogen (secondary N) is 1. The minimum absolute atomic E-state index is 0.130. The van der Waals surface area contributed by atoms with Gasteiger partial charge in [-0.05, 0) is 31.9 Å². The average Bonchev–Trinajstić information content (AvgIpc) is 2.95. The molecule has 92 valence electrons. The molecule has 1 heterocycles. The zero-order valence-corrected chi connectivity index (χ0v) is 10.9. The molecule has 1 saturated carbocycles. The second-order valence-corrected chi connectivity index (χ2v) is 6.53. The van der Waals surface area contributed by atoms with Crippen LogP contribution in [-0.4, -0.2) is 23.9 Å². The Balaban J connectivity index is 2.24. The summed E-state index contributed by atoms with van der Waals surface area (Å²) in [6, 6.07) is 2.96. The van der Waals surface area contributed by atoms with E-state index in [-0.39, 0.29) is 15.4 Å². The van der Waals surface area contributed by atoms with E-state index < -0.39 is 10.0 Å². The predicted octanol–water partition coefficient (Wildman–Crippen LogP) is 0.547. The van der Waals surface area contributed by atoms with Gasteiger partial charge < -0.3 is 5.73 Å². The molecular formula is C10H13N3O2S2. The molecule has 0 amide bonds. The Bertz CT molecular complexity index is 547. The molecule has 0 saturated heterocycles. The molecule has 1 aliphatic rings. The third kappa shape index (κ3) is 2.80. The third-order valence-electron chi connectivity index (χ3n) is 2.68. The second kappa shape index (κ2) is 4.01. The lowest BCUT2D eigenvalue weighted by molar-refractivity contribution is 0.557. The first-order chi connectivity index (χ1) is 7.82. The Morgan fingerprint density at radius 3 is 2.59 bits per heavy atom. The molecule has 5 nitrogen and oxygen atoms in total. The summed E-state index contributed by atoms with van der Waals surface area (Å²) in [5.41, 5.74) is 5.51. The van der Waals surface area contributed by atoms with Crippen LogP contribution in [-0.2, 0) is 10.0 Å². The van der Waals surface area contributed by atoms with Crippen LogP contribution in [0.25, 0.3) is 0 Å². The van der Waals surface area contributed by atoms with E-state index in [0.29, 0.717) is 5.69 Å². The maximum absolute atomic E-state index is 12.0. The highest BCUT2D eigenvalue weighted by molar-refractivity contribution is 7.89. The van der Waals surface area contributed by atoms with Crippen molar-refractivity contribution in [2.75, 3.05) is 0 Å². The lowest BCUT2D eigenvalue weighted by Gasteiger charge is -2.11. The Morgan fingerprint density at radius 1 is 1.53 bits per heavy atom. The first kappa shape index (κ1) is 12.4. The smallest absolute Gasteiger partial charge is 0.242 e. The summed E-state index contributed by atoms with van der Waals surface area (Å²) in [4.78, 5) is 4.19. The van der Waals surface area contributed by atoms with Gasteiger partial charge in [-0.1, -0.05) is 12.2 Å². The van der Waals surface area contributed by atoms with Crippen LogP contribution in [0.3, 0.4) is 0 Å². The highest BCUT2D eigenvalue weighted by Gasteiger charge is 2.41. The molecule has 0 bridgehead atoms. The lowest BCUT2D eigenvalue weighted by atomic mass is 10.3. The number of rotatable bonds is 4. The van der Waals surface area contributed by atoms with Crippen LogP contribution in [0.5, 0.6) is 0 Å². The third-order valence-corrected chi connectivity index (χ3v) is 4.51. The number of nitrogens with two attached hydrogens (primary N) is 1. The van der Waals surface area contributed by atoms with Crippen LogP contribution in [0, 0.1) is 0 Å². The van der Waals surface area contributed by atoms with Crippen molar-refractivity contribution in [1.82, 2.24) is 9.71 Å². The van der Waals surface area contributed by atoms with Gasteiger partial charge in [-0.3, -0.25) is 4.98 Å². The zero-order chi connectivity index (χ0) is 12.7. The normalized spacial score (nSPS) is 17.7.